The molecule has 2 aromatic rings. The predicted octanol–water partition coefficient (Wildman–Crippen LogP) is 4.01. The van der Waals surface area contributed by atoms with Crippen molar-refractivity contribution in [3.05, 3.63) is 83.9 Å². The third-order valence-electron chi connectivity index (χ3n) is 4.56. The highest BCUT2D eigenvalue weighted by Gasteiger charge is 2.45. The molecule has 3 rings (SSSR count). The van der Waals surface area contributed by atoms with Crippen LogP contribution in [0.4, 0.5) is 0 Å². The van der Waals surface area contributed by atoms with Gasteiger partial charge in [-0.3, -0.25) is 4.90 Å². The number of rotatable bonds is 7. The average molecular weight is 307 g/mol. The van der Waals surface area contributed by atoms with E-state index in [2.05, 4.69) is 65.6 Å². The molecule has 0 heterocycles. The van der Waals surface area contributed by atoms with Crippen LogP contribution in [0.15, 0.2) is 72.8 Å². The van der Waals surface area contributed by atoms with Gasteiger partial charge in [0.2, 0.25) is 0 Å². The van der Waals surface area contributed by atoms with Crippen LogP contribution in [0, 0.1) is 5.92 Å². The Morgan fingerprint density at radius 3 is 2.00 bits per heavy atom. The van der Waals surface area contributed by atoms with Gasteiger partial charge in [0, 0.05) is 25.0 Å². The molecule has 23 heavy (non-hydrogen) atoms. The second kappa shape index (κ2) is 7.58. The molecule has 1 fully saturated rings. The van der Waals surface area contributed by atoms with Crippen LogP contribution < -0.4 is 0 Å². The first-order valence-electron chi connectivity index (χ1n) is 8.40. The molecule has 1 unspecified atom stereocenters. The minimum absolute atomic E-state index is 0.320. The van der Waals surface area contributed by atoms with Crippen molar-refractivity contribution in [3.8, 4) is 0 Å². The maximum absolute atomic E-state index is 10.2. The quantitative estimate of drug-likeness (QED) is 0.781. The lowest BCUT2D eigenvalue weighted by molar-refractivity contribution is 0.162. The summed E-state index contributed by atoms with van der Waals surface area (Å²) in [6, 6.07) is 21.7. The standard InChI is InChI=1S/C21H25NO/c1-2-9-21(23)19-14-20(19)22(15-17-10-5-3-6-11-17)16-18-12-7-4-8-13-18/h2-13,19-21,23H,14-16H2,1H3/b9-2+/t19-,20-,21?/m0/s1. The van der Waals surface area contributed by atoms with Crippen LogP contribution in [0.1, 0.15) is 24.5 Å². The van der Waals surface area contributed by atoms with E-state index in [0.717, 1.165) is 19.5 Å². The lowest BCUT2D eigenvalue weighted by Gasteiger charge is -2.24. The Morgan fingerprint density at radius 2 is 1.52 bits per heavy atom. The van der Waals surface area contributed by atoms with Crippen LogP contribution in [-0.4, -0.2) is 22.2 Å². The predicted molar refractivity (Wildman–Crippen MR) is 94.8 cm³/mol. The fourth-order valence-electron chi connectivity index (χ4n) is 3.25. The van der Waals surface area contributed by atoms with Crippen LogP contribution in [0.5, 0.6) is 0 Å². The summed E-state index contributed by atoms with van der Waals surface area (Å²) >= 11 is 0. The highest BCUT2D eigenvalue weighted by atomic mass is 16.3. The van der Waals surface area contributed by atoms with E-state index in [1.807, 2.05) is 19.1 Å². The maximum Gasteiger partial charge on any atom is 0.0764 e. The summed E-state index contributed by atoms with van der Waals surface area (Å²) in [4.78, 5) is 2.50. The fraction of sp³-hybridized carbons (Fsp3) is 0.333. The van der Waals surface area contributed by atoms with E-state index in [1.54, 1.807) is 0 Å². The summed E-state index contributed by atoms with van der Waals surface area (Å²) in [6.45, 7) is 3.82. The molecular weight excluding hydrogens is 282 g/mol. The molecular formula is C21H25NO. The SMILES string of the molecule is C/C=C/C(O)[C@H]1C[C@@H]1N(Cc1ccccc1)Cc1ccccc1. The van der Waals surface area contributed by atoms with Crippen molar-refractivity contribution in [2.24, 2.45) is 5.92 Å². The Hall–Kier alpha value is -1.90. The third kappa shape index (κ3) is 4.31. The van der Waals surface area contributed by atoms with Crippen LogP contribution in [0.3, 0.4) is 0 Å². The summed E-state index contributed by atoms with van der Waals surface area (Å²) < 4.78 is 0. The number of benzene rings is 2. The second-order valence-corrected chi connectivity index (χ2v) is 6.36. The van der Waals surface area contributed by atoms with Crippen molar-refractivity contribution < 1.29 is 5.11 Å². The van der Waals surface area contributed by atoms with Gasteiger partial charge in [0.1, 0.15) is 0 Å². The Bertz CT molecular complexity index is 581. The van der Waals surface area contributed by atoms with E-state index in [4.69, 9.17) is 0 Å². The largest absolute Gasteiger partial charge is 0.389 e. The Morgan fingerprint density at radius 1 is 1.00 bits per heavy atom. The number of nitrogens with zero attached hydrogens (tertiary/aromatic N) is 1. The molecule has 0 bridgehead atoms. The fourth-order valence-corrected chi connectivity index (χ4v) is 3.25. The Balaban J connectivity index is 1.72. The van der Waals surface area contributed by atoms with Crippen molar-refractivity contribution in [2.45, 2.75) is 38.6 Å². The van der Waals surface area contributed by atoms with Crippen molar-refractivity contribution in [2.75, 3.05) is 0 Å². The molecule has 0 amide bonds. The molecule has 0 aromatic heterocycles. The van der Waals surface area contributed by atoms with Crippen LogP contribution in [0.2, 0.25) is 0 Å². The lowest BCUT2D eigenvalue weighted by Crippen LogP contribution is -2.28. The van der Waals surface area contributed by atoms with E-state index in [-0.39, 0.29) is 6.10 Å². The molecule has 2 heteroatoms. The third-order valence-corrected chi connectivity index (χ3v) is 4.56. The molecule has 0 spiro atoms. The smallest absolute Gasteiger partial charge is 0.0764 e. The van der Waals surface area contributed by atoms with Gasteiger partial charge in [-0.1, -0.05) is 72.8 Å². The first-order valence-corrected chi connectivity index (χ1v) is 8.40. The van der Waals surface area contributed by atoms with Gasteiger partial charge in [-0.2, -0.15) is 0 Å². The van der Waals surface area contributed by atoms with Crippen molar-refractivity contribution in [1.29, 1.82) is 0 Å². The van der Waals surface area contributed by atoms with Gasteiger partial charge in [-0.25, -0.2) is 0 Å². The molecule has 1 N–H and O–H groups in total. The minimum Gasteiger partial charge on any atom is -0.389 e. The zero-order valence-corrected chi connectivity index (χ0v) is 13.7. The van der Waals surface area contributed by atoms with Gasteiger partial charge >= 0.3 is 0 Å². The first kappa shape index (κ1) is 16.0. The van der Waals surface area contributed by atoms with Gasteiger partial charge in [-0.15, -0.1) is 0 Å². The Labute approximate surface area is 139 Å². The first-order chi connectivity index (χ1) is 11.3. The molecule has 0 aliphatic heterocycles. The number of aliphatic hydroxyl groups is 1. The highest BCUT2D eigenvalue weighted by molar-refractivity contribution is 5.19. The van der Waals surface area contributed by atoms with E-state index >= 15 is 0 Å². The number of hydrogen-bond acceptors (Lipinski definition) is 2. The number of hydrogen-bond donors (Lipinski definition) is 1. The molecule has 1 aliphatic rings. The monoisotopic (exact) mass is 307 g/mol. The summed E-state index contributed by atoms with van der Waals surface area (Å²) in [6.07, 6.45) is 4.61. The number of aliphatic hydroxyl groups excluding tert-OH is 1. The van der Waals surface area contributed by atoms with Crippen LogP contribution >= 0.6 is 0 Å². The van der Waals surface area contributed by atoms with Crippen molar-refractivity contribution in [3.63, 3.8) is 0 Å². The van der Waals surface area contributed by atoms with Crippen molar-refractivity contribution >= 4 is 0 Å². The van der Waals surface area contributed by atoms with Crippen molar-refractivity contribution in [1.82, 2.24) is 4.90 Å². The summed E-state index contributed by atoms with van der Waals surface area (Å²) in [5.41, 5.74) is 2.66. The topological polar surface area (TPSA) is 23.5 Å². The second-order valence-electron chi connectivity index (χ2n) is 6.36. The van der Waals surface area contributed by atoms with E-state index in [1.165, 1.54) is 11.1 Å². The normalized spacial score (nSPS) is 21.7. The molecule has 0 radical (unpaired) electrons. The van der Waals surface area contributed by atoms with Gasteiger partial charge in [0.05, 0.1) is 6.10 Å². The molecule has 2 aromatic carbocycles. The zero-order valence-electron chi connectivity index (χ0n) is 13.7. The van der Waals surface area contributed by atoms with Gasteiger partial charge in [0.15, 0.2) is 0 Å². The molecule has 3 atom stereocenters. The van der Waals surface area contributed by atoms with E-state index in [0.29, 0.717) is 12.0 Å². The summed E-state index contributed by atoms with van der Waals surface area (Å²) in [5, 5.41) is 10.2. The molecule has 120 valence electrons. The molecule has 1 saturated carbocycles. The van der Waals surface area contributed by atoms with E-state index in [9.17, 15) is 5.11 Å². The maximum atomic E-state index is 10.2. The average Bonchev–Trinajstić information content (AvgIpc) is 3.37. The van der Waals surface area contributed by atoms with Crippen LogP contribution in [-0.2, 0) is 13.1 Å². The zero-order chi connectivity index (χ0) is 16.1. The van der Waals surface area contributed by atoms with Gasteiger partial charge < -0.3 is 5.11 Å². The van der Waals surface area contributed by atoms with Gasteiger partial charge in [0.25, 0.3) is 0 Å². The number of allylic oxidation sites excluding steroid dienone is 1. The molecule has 0 saturated heterocycles. The summed E-state index contributed by atoms with van der Waals surface area (Å²) in [7, 11) is 0. The molecule has 2 nitrogen and oxygen atoms in total. The van der Waals surface area contributed by atoms with Crippen LogP contribution in [0.25, 0.3) is 0 Å². The molecule has 1 aliphatic carbocycles. The minimum atomic E-state index is -0.320. The highest BCUT2D eigenvalue weighted by Crippen LogP contribution is 2.40. The van der Waals surface area contributed by atoms with E-state index < -0.39 is 0 Å². The Kier molecular flexibility index (Phi) is 5.27. The van der Waals surface area contributed by atoms with Gasteiger partial charge in [-0.05, 0) is 24.5 Å². The summed E-state index contributed by atoms with van der Waals surface area (Å²) in [5.74, 6) is 0.360. The lowest BCUT2D eigenvalue weighted by atomic mass is 10.1.